The molecule has 7 nitrogen and oxygen atoms in total. The van der Waals surface area contributed by atoms with Crippen LogP contribution in [-0.2, 0) is 29.6 Å². The number of carbonyl (C=O) groups excluding carboxylic acids is 3. The summed E-state index contributed by atoms with van der Waals surface area (Å²) in [6, 6.07) is 1.61. The van der Waals surface area contributed by atoms with Gasteiger partial charge in [0.15, 0.2) is 5.78 Å². The summed E-state index contributed by atoms with van der Waals surface area (Å²) in [6.07, 6.45) is 9.17. The number of carbonyl (C=O) groups is 3. The van der Waals surface area contributed by atoms with E-state index in [1.165, 1.54) is 25.5 Å². The monoisotopic (exact) mass is 482 g/mol. The number of esters is 2. The number of rotatable bonds is 2. The Morgan fingerprint density at radius 1 is 1.14 bits per heavy atom. The molecule has 2 saturated carbocycles. The van der Waals surface area contributed by atoms with E-state index in [1.807, 2.05) is 33.8 Å². The summed E-state index contributed by atoms with van der Waals surface area (Å²) >= 11 is 0. The van der Waals surface area contributed by atoms with E-state index < -0.39 is 40.1 Å². The SMILES string of the molecule is CC(=O)O[C@@H]1C[C@H]2C(C)(C)C(=O)C=C[C@]2(C)[C@H]2CC[C@]3(C)C(=CC(=O)O[C@]3(O)c3ccoc3)[C@@]21C. The molecule has 1 N–H and O–H groups in total. The van der Waals surface area contributed by atoms with Crippen molar-refractivity contribution in [2.45, 2.75) is 72.7 Å². The van der Waals surface area contributed by atoms with E-state index in [1.54, 1.807) is 12.1 Å². The Bertz CT molecular complexity index is 1160. The maximum absolute atomic E-state index is 13.0. The van der Waals surface area contributed by atoms with Gasteiger partial charge >= 0.3 is 11.9 Å². The number of hydrogen-bond acceptors (Lipinski definition) is 7. The first kappa shape index (κ1) is 24.0. The van der Waals surface area contributed by atoms with E-state index in [2.05, 4.69) is 6.92 Å². The van der Waals surface area contributed by atoms with Crippen LogP contribution in [0.2, 0.25) is 0 Å². The maximum atomic E-state index is 13.0. The summed E-state index contributed by atoms with van der Waals surface area (Å²) in [5.41, 5.74) is -1.66. The van der Waals surface area contributed by atoms with Crippen LogP contribution in [0.4, 0.5) is 0 Å². The van der Waals surface area contributed by atoms with E-state index in [0.717, 1.165) is 5.57 Å². The van der Waals surface area contributed by atoms with Gasteiger partial charge in [-0.15, -0.1) is 0 Å². The van der Waals surface area contributed by atoms with Gasteiger partial charge in [-0.05, 0) is 61.2 Å². The quantitative estimate of drug-likeness (QED) is 0.621. The molecule has 3 aliphatic carbocycles. The summed E-state index contributed by atoms with van der Waals surface area (Å²) in [5.74, 6) is -3.01. The first-order valence-corrected chi connectivity index (χ1v) is 12.3. The molecule has 0 spiro atoms. The maximum Gasteiger partial charge on any atom is 0.333 e. The van der Waals surface area contributed by atoms with Crippen molar-refractivity contribution in [1.29, 1.82) is 0 Å². The van der Waals surface area contributed by atoms with Crippen LogP contribution in [0, 0.1) is 33.5 Å². The Kier molecular flexibility index (Phi) is 4.94. The second-order valence-corrected chi connectivity index (χ2v) is 12.0. The largest absolute Gasteiger partial charge is 0.472 e. The molecule has 188 valence electrons. The van der Waals surface area contributed by atoms with Crippen LogP contribution >= 0.6 is 0 Å². The van der Waals surface area contributed by atoms with Gasteiger partial charge in [0, 0.05) is 23.8 Å². The fourth-order valence-electron chi connectivity index (χ4n) is 8.18. The predicted octanol–water partition coefficient (Wildman–Crippen LogP) is 4.45. The lowest BCUT2D eigenvalue weighted by Crippen LogP contribution is -2.67. The average Bonchev–Trinajstić information content (AvgIpc) is 3.30. The predicted molar refractivity (Wildman–Crippen MR) is 125 cm³/mol. The summed E-state index contributed by atoms with van der Waals surface area (Å²) in [5, 5.41) is 11.9. The minimum Gasteiger partial charge on any atom is -0.472 e. The lowest BCUT2D eigenvalue weighted by Gasteiger charge is -2.67. The van der Waals surface area contributed by atoms with Gasteiger partial charge in [0.2, 0.25) is 0 Å². The third-order valence-electron chi connectivity index (χ3n) is 10.0. The van der Waals surface area contributed by atoms with Gasteiger partial charge in [0.1, 0.15) is 12.4 Å². The molecule has 0 amide bonds. The molecule has 0 saturated heterocycles. The highest BCUT2D eigenvalue weighted by Gasteiger charge is 2.71. The third kappa shape index (κ3) is 2.90. The van der Waals surface area contributed by atoms with Crippen LogP contribution in [0.5, 0.6) is 0 Å². The Morgan fingerprint density at radius 3 is 2.49 bits per heavy atom. The van der Waals surface area contributed by atoms with Crippen LogP contribution in [0.3, 0.4) is 0 Å². The van der Waals surface area contributed by atoms with E-state index in [-0.39, 0.29) is 23.0 Å². The topological polar surface area (TPSA) is 103 Å². The van der Waals surface area contributed by atoms with Gasteiger partial charge in [-0.1, -0.05) is 33.8 Å². The first-order chi connectivity index (χ1) is 16.2. The molecule has 7 atom stereocenters. The molecule has 0 unspecified atom stereocenters. The van der Waals surface area contributed by atoms with Crippen LogP contribution < -0.4 is 0 Å². The Morgan fingerprint density at radius 2 is 1.86 bits per heavy atom. The zero-order valence-electron chi connectivity index (χ0n) is 21.2. The number of ketones is 1. The molecule has 1 aliphatic heterocycles. The number of cyclic esters (lactones) is 1. The van der Waals surface area contributed by atoms with Gasteiger partial charge in [-0.25, -0.2) is 4.79 Å². The van der Waals surface area contributed by atoms with Crippen molar-refractivity contribution in [3.8, 4) is 0 Å². The lowest BCUT2D eigenvalue weighted by atomic mass is 9.37. The Balaban J connectivity index is 1.73. The summed E-state index contributed by atoms with van der Waals surface area (Å²) in [4.78, 5) is 38.2. The number of allylic oxidation sites excluding steroid dienone is 2. The highest BCUT2D eigenvalue weighted by molar-refractivity contribution is 5.96. The highest BCUT2D eigenvalue weighted by atomic mass is 16.7. The van der Waals surface area contributed by atoms with Crippen molar-refractivity contribution in [3.05, 3.63) is 48.0 Å². The van der Waals surface area contributed by atoms with Gasteiger partial charge < -0.3 is 19.0 Å². The van der Waals surface area contributed by atoms with Crippen LogP contribution in [-0.4, -0.2) is 28.9 Å². The van der Waals surface area contributed by atoms with E-state index in [4.69, 9.17) is 13.9 Å². The fraction of sp³-hybridized carbons (Fsp3) is 0.607. The van der Waals surface area contributed by atoms with Crippen LogP contribution in [0.15, 0.2) is 46.8 Å². The van der Waals surface area contributed by atoms with Crippen molar-refractivity contribution in [3.63, 3.8) is 0 Å². The van der Waals surface area contributed by atoms with E-state index in [9.17, 15) is 19.5 Å². The summed E-state index contributed by atoms with van der Waals surface area (Å²) in [6.45, 7) is 11.5. The average molecular weight is 483 g/mol. The van der Waals surface area contributed by atoms with Crippen molar-refractivity contribution < 1.29 is 33.4 Å². The molecule has 0 aromatic carbocycles. The van der Waals surface area contributed by atoms with Crippen LogP contribution in [0.25, 0.3) is 0 Å². The Labute approximate surface area is 205 Å². The molecular formula is C28H34O7. The second-order valence-electron chi connectivity index (χ2n) is 12.0. The molecule has 7 heteroatoms. The van der Waals surface area contributed by atoms with Crippen molar-refractivity contribution in [2.75, 3.05) is 0 Å². The van der Waals surface area contributed by atoms with Crippen molar-refractivity contribution in [2.24, 2.45) is 33.5 Å². The zero-order chi connectivity index (χ0) is 25.6. The fourth-order valence-corrected chi connectivity index (χ4v) is 8.18. The standard InChI is InChI=1S/C28H34O7/c1-16(29)34-22-13-19-24(2,3)21(30)8-10-25(19,4)18-7-11-26(5)20(27(18,22)6)14-23(31)35-28(26,32)17-9-12-33-15-17/h8-10,12,14-15,18-19,22,32H,7,11,13H2,1-6H3/t18-,19+,22-,25-,26-,27-,28-/m1/s1. The third-order valence-corrected chi connectivity index (χ3v) is 10.0. The summed E-state index contributed by atoms with van der Waals surface area (Å²) < 4.78 is 16.9. The number of ether oxygens (including phenoxy) is 2. The number of furan rings is 1. The van der Waals surface area contributed by atoms with Crippen molar-refractivity contribution in [1.82, 2.24) is 0 Å². The van der Waals surface area contributed by atoms with E-state index >= 15 is 0 Å². The minimum atomic E-state index is -1.93. The molecule has 5 rings (SSSR count). The molecule has 1 aromatic rings. The first-order valence-electron chi connectivity index (χ1n) is 12.3. The molecule has 35 heavy (non-hydrogen) atoms. The smallest absolute Gasteiger partial charge is 0.333 e. The van der Waals surface area contributed by atoms with Crippen molar-refractivity contribution >= 4 is 17.7 Å². The lowest BCUT2D eigenvalue weighted by molar-refractivity contribution is -0.280. The van der Waals surface area contributed by atoms with E-state index in [0.29, 0.717) is 24.8 Å². The zero-order valence-corrected chi connectivity index (χ0v) is 21.2. The molecular weight excluding hydrogens is 448 g/mol. The Hall–Kier alpha value is -2.67. The molecule has 1 aromatic heterocycles. The molecule has 2 heterocycles. The molecule has 4 aliphatic rings. The molecule has 0 bridgehead atoms. The molecule has 0 radical (unpaired) electrons. The number of hydrogen-bond donors (Lipinski definition) is 1. The second kappa shape index (κ2) is 7.19. The highest BCUT2D eigenvalue weighted by Crippen LogP contribution is 2.72. The minimum absolute atomic E-state index is 0.0412. The normalized spacial score (nSPS) is 43.9. The molecule has 2 fully saturated rings. The van der Waals surface area contributed by atoms with Crippen LogP contribution in [0.1, 0.15) is 66.4 Å². The van der Waals surface area contributed by atoms with Gasteiger partial charge in [-0.2, -0.15) is 0 Å². The number of aliphatic hydroxyl groups is 1. The number of fused-ring (bicyclic) bond motifs is 5. The van der Waals surface area contributed by atoms with Gasteiger partial charge in [-0.3, -0.25) is 9.59 Å². The van der Waals surface area contributed by atoms with Gasteiger partial charge in [0.05, 0.1) is 17.2 Å². The van der Waals surface area contributed by atoms with Gasteiger partial charge in [0.25, 0.3) is 5.79 Å². The summed E-state index contributed by atoms with van der Waals surface area (Å²) in [7, 11) is 0.